The number of nitrogen functional groups attached to an aromatic ring is 1. The fourth-order valence-electron chi connectivity index (χ4n) is 0.892. The number of nitrogens with two attached hydrogens (primary N) is 1. The van der Waals surface area contributed by atoms with E-state index in [4.69, 9.17) is 11.0 Å². The van der Waals surface area contributed by atoms with Crippen molar-refractivity contribution in [1.29, 1.82) is 5.26 Å². The van der Waals surface area contributed by atoms with Gasteiger partial charge in [-0.2, -0.15) is 10.2 Å². The minimum atomic E-state index is -4.85. The molecule has 0 unspecified atom stereocenters. The summed E-state index contributed by atoms with van der Waals surface area (Å²) in [4.78, 5) is 3.35. The summed E-state index contributed by atoms with van der Waals surface area (Å²) in [6, 6.07) is 2.58. The van der Waals surface area contributed by atoms with Crippen LogP contribution >= 0.6 is 0 Å². The molecule has 7 heteroatoms. The Morgan fingerprint density at radius 1 is 1.53 bits per heavy atom. The maximum atomic E-state index is 11.8. The van der Waals surface area contributed by atoms with Crippen LogP contribution in [0.1, 0.15) is 11.1 Å². The lowest BCUT2D eigenvalue weighted by Crippen LogP contribution is -2.18. The molecular weight excluding hydrogens is 211 g/mol. The predicted molar refractivity (Wildman–Crippen MR) is 44.8 cm³/mol. The lowest BCUT2D eigenvalue weighted by molar-refractivity contribution is -0.276. The topological polar surface area (TPSA) is 71.9 Å². The zero-order chi connectivity index (χ0) is 11.6. The largest absolute Gasteiger partial charge is 0.574 e. The van der Waals surface area contributed by atoms with Crippen LogP contribution in [-0.4, -0.2) is 11.3 Å². The van der Waals surface area contributed by atoms with Crippen molar-refractivity contribution in [3.05, 3.63) is 17.2 Å². The van der Waals surface area contributed by atoms with Crippen LogP contribution in [0.4, 0.5) is 19.0 Å². The van der Waals surface area contributed by atoms with Gasteiger partial charge in [0.2, 0.25) is 5.88 Å². The van der Waals surface area contributed by atoms with Gasteiger partial charge in [0.25, 0.3) is 0 Å². The number of anilines is 1. The minimum absolute atomic E-state index is 0.00162. The van der Waals surface area contributed by atoms with Gasteiger partial charge < -0.3 is 10.5 Å². The number of ether oxygens (including phenoxy) is 1. The lowest BCUT2D eigenvalue weighted by Gasteiger charge is -2.09. The van der Waals surface area contributed by atoms with Gasteiger partial charge in [-0.1, -0.05) is 0 Å². The SMILES string of the molecule is Cc1c(C#N)cc(OC(F)(F)F)nc1N. The van der Waals surface area contributed by atoms with Crippen molar-refractivity contribution in [3.63, 3.8) is 0 Å². The maximum Gasteiger partial charge on any atom is 0.574 e. The molecule has 15 heavy (non-hydrogen) atoms. The van der Waals surface area contributed by atoms with Crippen LogP contribution in [-0.2, 0) is 0 Å². The summed E-state index contributed by atoms with van der Waals surface area (Å²) in [6.07, 6.45) is -4.85. The zero-order valence-electron chi connectivity index (χ0n) is 7.59. The number of halogens is 3. The summed E-state index contributed by atoms with van der Waals surface area (Å²) < 4.78 is 39.0. The highest BCUT2D eigenvalue weighted by molar-refractivity contribution is 5.51. The van der Waals surface area contributed by atoms with E-state index in [1.54, 1.807) is 6.07 Å². The van der Waals surface area contributed by atoms with Crippen LogP contribution < -0.4 is 10.5 Å². The Labute approximate surface area is 83.1 Å². The second kappa shape index (κ2) is 3.65. The smallest absolute Gasteiger partial charge is 0.388 e. The first-order valence-electron chi connectivity index (χ1n) is 3.76. The number of pyridine rings is 1. The highest BCUT2D eigenvalue weighted by Crippen LogP contribution is 2.24. The van der Waals surface area contributed by atoms with E-state index in [1.165, 1.54) is 6.92 Å². The number of hydrogen-bond donors (Lipinski definition) is 1. The van der Waals surface area contributed by atoms with Crippen LogP contribution in [0.15, 0.2) is 6.07 Å². The molecule has 4 nitrogen and oxygen atoms in total. The van der Waals surface area contributed by atoms with Crippen LogP contribution in [0.5, 0.6) is 5.88 Å². The summed E-state index contributed by atoms with van der Waals surface area (Å²) in [6.45, 7) is 1.48. The predicted octanol–water partition coefficient (Wildman–Crippen LogP) is 1.74. The summed E-state index contributed by atoms with van der Waals surface area (Å²) in [5.41, 5.74) is 5.63. The fraction of sp³-hybridized carbons (Fsp3) is 0.250. The molecule has 1 rings (SSSR count). The number of rotatable bonds is 1. The average molecular weight is 217 g/mol. The Balaban J connectivity index is 3.13. The standard InChI is InChI=1S/C8H6F3N3O/c1-4-5(3-12)2-6(14-7(4)13)15-8(9,10)11/h2H,1H3,(H2,13,14). The number of nitriles is 1. The molecule has 0 aliphatic heterocycles. The fourth-order valence-corrected chi connectivity index (χ4v) is 0.892. The van der Waals surface area contributed by atoms with Gasteiger partial charge >= 0.3 is 6.36 Å². The molecule has 0 amide bonds. The number of aromatic nitrogens is 1. The number of nitrogens with zero attached hydrogens (tertiary/aromatic N) is 2. The van der Waals surface area contributed by atoms with Crippen LogP contribution in [0.25, 0.3) is 0 Å². The molecule has 1 aromatic heterocycles. The van der Waals surface area contributed by atoms with Gasteiger partial charge in [0.05, 0.1) is 11.6 Å². The van der Waals surface area contributed by atoms with Crippen molar-refractivity contribution in [2.75, 3.05) is 5.73 Å². The molecule has 0 saturated heterocycles. The number of alkyl halides is 3. The molecule has 0 bridgehead atoms. The molecule has 0 spiro atoms. The van der Waals surface area contributed by atoms with Gasteiger partial charge in [-0.3, -0.25) is 0 Å². The van der Waals surface area contributed by atoms with Crippen molar-refractivity contribution in [3.8, 4) is 11.9 Å². The lowest BCUT2D eigenvalue weighted by atomic mass is 10.1. The van der Waals surface area contributed by atoms with E-state index in [1.807, 2.05) is 0 Å². The maximum absolute atomic E-state index is 11.8. The first-order chi connectivity index (χ1) is 6.83. The van der Waals surface area contributed by atoms with Gasteiger partial charge in [-0.15, -0.1) is 13.2 Å². The molecule has 0 atom stereocenters. The minimum Gasteiger partial charge on any atom is -0.388 e. The Morgan fingerprint density at radius 2 is 2.13 bits per heavy atom. The summed E-state index contributed by atoms with van der Waals surface area (Å²) in [7, 11) is 0. The van der Waals surface area contributed by atoms with Gasteiger partial charge in [0.15, 0.2) is 0 Å². The van der Waals surface area contributed by atoms with Crippen molar-refractivity contribution in [1.82, 2.24) is 4.98 Å². The third kappa shape index (κ3) is 2.74. The molecule has 0 radical (unpaired) electrons. The van der Waals surface area contributed by atoms with E-state index in [-0.39, 0.29) is 11.4 Å². The van der Waals surface area contributed by atoms with E-state index in [9.17, 15) is 13.2 Å². The highest BCUT2D eigenvalue weighted by Gasteiger charge is 2.32. The van der Waals surface area contributed by atoms with E-state index in [0.717, 1.165) is 6.07 Å². The van der Waals surface area contributed by atoms with Crippen molar-refractivity contribution in [2.45, 2.75) is 13.3 Å². The number of hydrogen-bond acceptors (Lipinski definition) is 4. The average Bonchev–Trinajstić information content (AvgIpc) is 2.08. The first-order valence-corrected chi connectivity index (χ1v) is 3.76. The van der Waals surface area contributed by atoms with Crippen molar-refractivity contribution >= 4 is 5.82 Å². The molecule has 0 saturated carbocycles. The third-order valence-electron chi connectivity index (χ3n) is 1.63. The van der Waals surface area contributed by atoms with E-state index in [2.05, 4.69) is 9.72 Å². The molecule has 1 aromatic rings. The zero-order valence-corrected chi connectivity index (χ0v) is 7.59. The Kier molecular flexibility index (Phi) is 2.70. The molecule has 0 aliphatic rings. The van der Waals surface area contributed by atoms with Crippen LogP contribution in [0.3, 0.4) is 0 Å². The second-order valence-electron chi connectivity index (χ2n) is 2.68. The summed E-state index contributed by atoms with van der Waals surface area (Å²) in [5.74, 6) is -0.893. The van der Waals surface area contributed by atoms with Crippen molar-refractivity contribution in [2.24, 2.45) is 0 Å². The molecule has 2 N–H and O–H groups in total. The van der Waals surface area contributed by atoms with Gasteiger partial charge in [-0.05, 0) is 6.92 Å². The monoisotopic (exact) mass is 217 g/mol. The van der Waals surface area contributed by atoms with Crippen molar-refractivity contribution < 1.29 is 17.9 Å². The first kappa shape index (κ1) is 11.1. The Bertz CT molecular complexity index is 422. The van der Waals surface area contributed by atoms with Gasteiger partial charge in [0, 0.05) is 11.6 Å². The van der Waals surface area contributed by atoms with Crippen LogP contribution in [0, 0.1) is 18.3 Å². The summed E-state index contributed by atoms with van der Waals surface area (Å²) in [5, 5.41) is 8.60. The quantitative estimate of drug-likeness (QED) is 0.777. The molecule has 80 valence electrons. The van der Waals surface area contributed by atoms with Gasteiger partial charge in [-0.25, -0.2) is 0 Å². The molecule has 1 heterocycles. The summed E-state index contributed by atoms with van der Waals surface area (Å²) >= 11 is 0. The molecular formula is C8H6F3N3O. The third-order valence-corrected chi connectivity index (χ3v) is 1.63. The molecule has 0 aromatic carbocycles. The van der Waals surface area contributed by atoms with E-state index in [0.29, 0.717) is 5.56 Å². The second-order valence-corrected chi connectivity index (χ2v) is 2.68. The van der Waals surface area contributed by atoms with Gasteiger partial charge in [0.1, 0.15) is 5.82 Å². The molecule has 0 aliphatic carbocycles. The highest BCUT2D eigenvalue weighted by atomic mass is 19.4. The van der Waals surface area contributed by atoms with E-state index < -0.39 is 12.2 Å². The normalized spacial score (nSPS) is 10.9. The molecule has 0 fully saturated rings. The Morgan fingerprint density at radius 3 is 2.60 bits per heavy atom. The van der Waals surface area contributed by atoms with Crippen LogP contribution in [0.2, 0.25) is 0 Å². The van der Waals surface area contributed by atoms with E-state index >= 15 is 0 Å². The Hall–Kier alpha value is -1.97.